The Bertz CT molecular complexity index is 1420. The molecule has 3 aromatic carbocycles. The number of ether oxygens (including phenoxy) is 2. The number of carbonyl (C=O) groups excluding carboxylic acids is 2. The van der Waals surface area contributed by atoms with Gasteiger partial charge in [-0.2, -0.15) is 5.10 Å². The van der Waals surface area contributed by atoms with Gasteiger partial charge in [0.15, 0.2) is 0 Å². The molecule has 0 radical (unpaired) electrons. The van der Waals surface area contributed by atoms with E-state index in [1.165, 1.54) is 4.90 Å². The number of nitrogens with zero attached hydrogens (tertiary/aromatic N) is 3. The van der Waals surface area contributed by atoms with E-state index in [0.29, 0.717) is 31.1 Å². The molecule has 40 heavy (non-hydrogen) atoms. The van der Waals surface area contributed by atoms with Gasteiger partial charge in [-0.25, -0.2) is 9.48 Å². The van der Waals surface area contributed by atoms with Gasteiger partial charge in [-0.15, -0.1) is 0 Å². The highest BCUT2D eigenvalue weighted by molar-refractivity contribution is 5.99. The second-order valence-electron chi connectivity index (χ2n) is 9.14. The topological polar surface area (TPSA) is 97.7 Å². The SMILES string of the molecule is CCCN(CC(=O)Nc1c(-c2ccccc2)c(C)nn1-c1ccc(OC)cc1)C(=O)Nc1ccc(OCC)cc1. The molecule has 9 heteroatoms. The molecular formula is C31H35N5O4. The van der Waals surface area contributed by atoms with Crippen LogP contribution in [0.3, 0.4) is 0 Å². The van der Waals surface area contributed by atoms with Crippen LogP contribution in [0.1, 0.15) is 26.0 Å². The van der Waals surface area contributed by atoms with Crippen LogP contribution >= 0.6 is 0 Å². The third kappa shape index (κ3) is 6.79. The van der Waals surface area contributed by atoms with Crippen molar-refractivity contribution in [3.8, 4) is 28.3 Å². The maximum atomic E-state index is 13.4. The fourth-order valence-corrected chi connectivity index (χ4v) is 4.37. The second-order valence-corrected chi connectivity index (χ2v) is 9.14. The summed E-state index contributed by atoms with van der Waals surface area (Å²) in [6.07, 6.45) is 0.697. The van der Waals surface area contributed by atoms with Crippen molar-refractivity contribution in [3.63, 3.8) is 0 Å². The number of hydrogen-bond donors (Lipinski definition) is 2. The van der Waals surface area contributed by atoms with Crippen LogP contribution in [-0.4, -0.2) is 53.4 Å². The predicted molar refractivity (Wildman–Crippen MR) is 157 cm³/mol. The lowest BCUT2D eigenvalue weighted by molar-refractivity contribution is -0.116. The molecule has 9 nitrogen and oxygen atoms in total. The van der Waals surface area contributed by atoms with Crippen molar-refractivity contribution in [2.45, 2.75) is 27.2 Å². The summed E-state index contributed by atoms with van der Waals surface area (Å²) in [6.45, 7) is 6.64. The fourth-order valence-electron chi connectivity index (χ4n) is 4.37. The number of anilines is 2. The van der Waals surface area contributed by atoms with Gasteiger partial charge in [0.2, 0.25) is 5.91 Å². The maximum absolute atomic E-state index is 13.4. The molecule has 4 aromatic rings. The Hall–Kier alpha value is -4.79. The normalized spacial score (nSPS) is 10.6. The number of aromatic nitrogens is 2. The number of hydrogen-bond acceptors (Lipinski definition) is 5. The van der Waals surface area contributed by atoms with Crippen LogP contribution in [0.2, 0.25) is 0 Å². The van der Waals surface area contributed by atoms with Gasteiger partial charge in [-0.1, -0.05) is 37.3 Å². The fraction of sp³-hybridized carbons (Fsp3) is 0.258. The van der Waals surface area contributed by atoms with Crippen molar-refractivity contribution in [1.29, 1.82) is 0 Å². The van der Waals surface area contributed by atoms with Crippen LogP contribution in [0.15, 0.2) is 78.9 Å². The molecule has 0 bridgehead atoms. The molecule has 0 atom stereocenters. The Balaban J connectivity index is 1.58. The van der Waals surface area contributed by atoms with E-state index in [2.05, 4.69) is 10.6 Å². The number of methoxy groups -OCH3 is 1. The van der Waals surface area contributed by atoms with Crippen LogP contribution < -0.4 is 20.1 Å². The number of urea groups is 1. The van der Waals surface area contributed by atoms with Crippen molar-refractivity contribution >= 4 is 23.4 Å². The highest BCUT2D eigenvalue weighted by Crippen LogP contribution is 2.33. The zero-order valence-corrected chi connectivity index (χ0v) is 23.3. The summed E-state index contributed by atoms with van der Waals surface area (Å²) in [5.74, 6) is 1.64. The van der Waals surface area contributed by atoms with E-state index in [9.17, 15) is 9.59 Å². The van der Waals surface area contributed by atoms with Gasteiger partial charge < -0.3 is 25.0 Å². The maximum Gasteiger partial charge on any atom is 0.322 e. The summed E-state index contributed by atoms with van der Waals surface area (Å²) in [5.41, 5.74) is 3.88. The van der Waals surface area contributed by atoms with Crippen LogP contribution in [0, 0.1) is 6.92 Å². The highest BCUT2D eigenvalue weighted by Gasteiger charge is 2.23. The third-order valence-corrected chi connectivity index (χ3v) is 6.23. The first-order valence-electron chi connectivity index (χ1n) is 13.3. The lowest BCUT2D eigenvalue weighted by atomic mass is 10.1. The van der Waals surface area contributed by atoms with Gasteiger partial charge in [0, 0.05) is 17.8 Å². The molecule has 3 amide bonds. The van der Waals surface area contributed by atoms with Crippen molar-refractivity contribution in [2.75, 3.05) is 37.4 Å². The minimum atomic E-state index is -0.357. The number of nitrogens with one attached hydrogen (secondary N) is 2. The van der Waals surface area contributed by atoms with E-state index < -0.39 is 0 Å². The Morgan fingerprint density at radius 1 is 0.900 bits per heavy atom. The minimum absolute atomic E-state index is 0.127. The second kappa shape index (κ2) is 13.3. The van der Waals surface area contributed by atoms with Gasteiger partial charge >= 0.3 is 6.03 Å². The Morgan fingerprint density at radius 3 is 2.20 bits per heavy atom. The zero-order chi connectivity index (χ0) is 28.5. The van der Waals surface area contributed by atoms with E-state index in [1.807, 2.05) is 75.4 Å². The Kier molecular flexibility index (Phi) is 9.40. The van der Waals surface area contributed by atoms with E-state index in [1.54, 1.807) is 36.1 Å². The summed E-state index contributed by atoms with van der Waals surface area (Å²) in [4.78, 5) is 28.0. The Morgan fingerprint density at radius 2 is 1.57 bits per heavy atom. The van der Waals surface area contributed by atoms with E-state index in [0.717, 1.165) is 34.0 Å². The average Bonchev–Trinajstić information content (AvgIpc) is 3.29. The molecule has 0 saturated carbocycles. The summed E-state index contributed by atoms with van der Waals surface area (Å²) in [6, 6.07) is 24.0. The molecule has 0 aliphatic rings. The van der Waals surface area contributed by atoms with Crippen molar-refractivity contribution < 1.29 is 19.1 Å². The Labute approximate surface area is 234 Å². The van der Waals surface area contributed by atoms with E-state index in [4.69, 9.17) is 14.6 Å². The summed E-state index contributed by atoms with van der Waals surface area (Å²) < 4.78 is 12.5. The summed E-state index contributed by atoms with van der Waals surface area (Å²) in [7, 11) is 1.61. The van der Waals surface area contributed by atoms with Gasteiger partial charge in [0.1, 0.15) is 23.9 Å². The van der Waals surface area contributed by atoms with E-state index in [-0.39, 0.29) is 18.5 Å². The van der Waals surface area contributed by atoms with Crippen LogP contribution in [-0.2, 0) is 4.79 Å². The summed E-state index contributed by atoms with van der Waals surface area (Å²) in [5, 5.41) is 10.7. The van der Waals surface area contributed by atoms with Crippen molar-refractivity contribution in [1.82, 2.24) is 14.7 Å². The molecule has 0 unspecified atom stereocenters. The lowest BCUT2D eigenvalue weighted by Crippen LogP contribution is -2.41. The quantitative estimate of drug-likeness (QED) is 0.238. The number of benzene rings is 3. The molecule has 208 valence electrons. The zero-order valence-electron chi connectivity index (χ0n) is 23.3. The molecule has 4 rings (SSSR count). The van der Waals surface area contributed by atoms with E-state index >= 15 is 0 Å². The first kappa shape index (κ1) is 28.2. The first-order valence-corrected chi connectivity index (χ1v) is 13.3. The monoisotopic (exact) mass is 541 g/mol. The van der Waals surface area contributed by atoms with Crippen LogP contribution in [0.4, 0.5) is 16.3 Å². The molecule has 1 heterocycles. The van der Waals surface area contributed by atoms with Gasteiger partial charge in [0.05, 0.1) is 25.1 Å². The van der Waals surface area contributed by atoms with Crippen LogP contribution in [0.25, 0.3) is 16.8 Å². The summed E-state index contributed by atoms with van der Waals surface area (Å²) >= 11 is 0. The molecule has 2 N–H and O–H groups in total. The minimum Gasteiger partial charge on any atom is -0.497 e. The average molecular weight is 542 g/mol. The smallest absolute Gasteiger partial charge is 0.322 e. The van der Waals surface area contributed by atoms with Crippen LogP contribution in [0.5, 0.6) is 11.5 Å². The standard InChI is InChI=1S/C31H35N5O4/c1-5-20-35(31(38)32-24-12-16-27(17-13-24)40-6-2)21-28(37)33-30-29(23-10-8-7-9-11-23)22(3)34-36(30)25-14-18-26(39-4)19-15-25/h7-19H,5-6,20-21H2,1-4H3,(H,32,38)(H,33,37). The van der Waals surface area contributed by atoms with Gasteiger partial charge in [0.25, 0.3) is 0 Å². The molecule has 0 fully saturated rings. The van der Waals surface area contributed by atoms with Gasteiger partial charge in [-0.3, -0.25) is 4.79 Å². The molecular weight excluding hydrogens is 506 g/mol. The highest BCUT2D eigenvalue weighted by atomic mass is 16.5. The number of aryl methyl sites for hydroxylation is 1. The number of carbonyl (C=O) groups is 2. The van der Waals surface area contributed by atoms with Crippen molar-refractivity contribution in [2.24, 2.45) is 0 Å². The first-order chi connectivity index (χ1) is 19.4. The predicted octanol–water partition coefficient (Wildman–Crippen LogP) is 6.14. The molecule has 0 spiro atoms. The number of amides is 3. The molecule has 0 aliphatic carbocycles. The van der Waals surface area contributed by atoms with Crippen molar-refractivity contribution in [3.05, 3.63) is 84.6 Å². The van der Waals surface area contributed by atoms with Gasteiger partial charge in [-0.05, 0) is 74.4 Å². The third-order valence-electron chi connectivity index (χ3n) is 6.23. The number of rotatable bonds is 11. The lowest BCUT2D eigenvalue weighted by Gasteiger charge is -2.22. The molecule has 0 saturated heterocycles. The molecule has 0 aliphatic heterocycles. The largest absolute Gasteiger partial charge is 0.497 e. The molecule has 1 aromatic heterocycles.